The molecule has 0 saturated heterocycles. The monoisotopic (exact) mass is 879 g/mol. The molecule has 4 N–H and O–H groups in total. The van der Waals surface area contributed by atoms with E-state index in [2.05, 4.69) is 68.5 Å². The van der Waals surface area contributed by atoms with Crippen molar-refractivity contribution in [3.05, 3.63) is 85.1 Å². The number of hydrogen-bond acceptors (Lipinski definition) is 10. The zero-order chi connectivity index (χ0) is 45.2. The van der Waals surface area contributed by atoms with Gasteiger partial charge in [0.1, 0.15) is 19.8 Å². The molecule has 1 aliphatic rings. The predicted molar refractivity (Wildman–Crippen MR) is 244 cm³/mol. The van der Waals surface area contributed by atoms with Gasteiger partial charge in [0, 0.05) is 25.2 Å². The number of carbonyl (C=O) groups excluding carboxylic acids is 2. The number of rotatable bonds is 35. The van der Waals surface area contributed by atoms with Gasteiger partial charge < -0.3 is 34.2 Å². The van der Waals surface area contributed by atoms with Gasteiger partial charge in [-0.05, 0) is 76.5 Å². The Labute approximate surface area is 368 Å². The number of aliphatic hydroxyl groups excluding tert-OH is 3. The van der Waals surface area contributed by atoms with Gasteiger partial charge in [-0.25, -0.2) is 4.57 Å². The SMILES string of the molecule is CC/C=C\C/C=C\C/C=C\C/C=C\C/C=C\CCCC(=O)OC[C@H](COP(=O)(O)OCC[N+](C)(C)C)OC(=O)CCC/C=C/C[C@@H]1[C@@H](/C=C/[C@@H](O)CCCCC)[C@H](O)C[C@@H]1O. The van der Waals surface area contributed by atoms with Crippen LogP contribution in [0.2, 0.25) is 0 Å². The lowest BCUT2D eigenvalue weighted by atomic mass is 9.89. The first kappa shape index (κ1) is 56.1. The third-order valence-corrected chi connectivity index (χ3v) is 11.0. The molecule has 1 fully saturated rings. The normalized spacial score (nSPS) is 21.0. The maximum Gasteiger partial charge on any atom is 0.472 e. The third-order valence-electron chi connectivity index (χ3n) is 9.98. The molecule has 0 amide bonds. The van der Waals surface area contributed by atoms with Crippen LogP contribution in [0.1, 0.15) is 123 Å². The van der Waals surface area contributed by atoms with Crippen molar-refractivity contribution in [2.24, 2.45) is 11.8 Å². The average Bonchev–Trinajstić information content (AvgIpc) is 3.47. The molecule has 0 aliphatic heterocycles. The first-order valence-corrected chi connectivity index (χ1v) is 24.1. The van der Waals surface area contributed by atoms with E-state index in [4.69, 9.17) is 18.5 Å². The molecule has 1 rings (SSSR count). The average molecular weight is 879 g/mol. The Morgan fingerprint density at radius 1 is 0.738 bits per heavy atom. The molecule has 7 atom stereocenters. The highest BCUT2D eigenvalue weighted by Crippen LogP contribution is 2.43. The fourth-order valence-corrected chi connectivity index (χ4v) is 7.14. The van der Waals surface area contributed by atoms with E-state index in [0.29, 0.717) is 49.6 Å². The summed E-state index contributed by atoms with van der Waals surface area (Å²) in [4.78, 5) is 35.6. The molecular formula is C48H81NO11P+. The van der Waals surface area contributed by atoms with Crippen LogP contribution in [-0.2, 0) is 32.7 Å². The summed E-state index contributed by atoms with van der Waals surface area (Å²) in [6.45, 7) is 3.83. The molecule has 0 bridgehead atoms. The molecular weight excluding hydrogens is 797 g/mol. The summed E-state index contributed by atoms with van der Waals surface area (Å²) < 4.78 is 34.2. The Hall–Kier alpha value is -2.93. The third kappa shape index (κ3) is 31.5. The van der Waals surface area contributed by atoms with Crippen LogP contribution in [0.15, 0.2) is 85.1 Å². The quantitative estimate of drug-likeness (QED) is 0.0158. The van der Waals surface area contributed by atoms with Crippen molar-refractivity contribution in [1.29, 1.82) is 0 Å². The van der Waals surface area contributed by atoms with E-state index in [1.165, 1.54) is 0 Å². The minimum Gasteiger partial charge on any atom is -0.462 e. The number of esters is 2. The van der Waals surface area contributed by atoms with Crippen LogP contribution < -0.4 is 0 Å². The van der Waals surface area contributed by atoms with E-state index in [-0.39, 0.29) is 44.3 Å². The van der Waals surface area contributed by atoms with Crippen molar-refractivity contribution in [3.8, 4) is 0 Å². The second-order valence-electron chi connectivity index (χ2n) is 16.7. The predicted octanol–water partition coefficient (Wildman–Crippen LogP) is 9.17. The minimum atomic E-state index is -4.46. The van der Waals surface area contributed by atoms with Gasteiger partial charge in [-0.1, -0.05) is 118 Å². The summed E-state index contributed by atoms with van der Waals surface area (Å²) >= 11 is 0. The summed E-state index contributed by atoms with van der Waals surface area (Å²) in [6, 6.07) is 0. The lowest BCUT2D eigenvalue weighted by Crippen LogP contribution is -2.37. The van der Waals surface area contributed by atoms with Gasteiger partial charge in [-0.3, -0.25) is 18.6 Å². The maximum atomic E-state index is 12.8. The van der Waals surface area contributed by atoms with Crippen LogP contribution in [0.4, 0.5) is 0 Å². The van der Waals surface area contributed by atoms with Crippen LogP contribution >= 0.6 is 7.82 Å². The Morgan fingerprint density at radius 3 is 1.90 bits per heavy atom. The molecule has 348 valence electrons. The van der Waals surface area contributed by atoms with E-state index in [1.54, 1.807) is 6.08 Å². The van der Waals surface area contributed by atoms with Crippen molar-refractivity contribution in [3.63, 3.8) is 0 Å². The molecule has 0 aromatic rings. The second kappa shape index (κ2) is 34.5. The van der Waals surface area contributed by atoms with Crippen molar-refractivity contribution in [1.82, 2.24) is 0 Å². The summed E-state index contributed by atoms with van der Waals surface area (Å²) in [5, 5.41) is 31.4. The number of hydrogen-bond donors (Lipinski definition) is 4. The van der Waals surface area contributed by atoms with Crippen molar-refractivity contribution in [2.75, 3.05) is 47.5 Å². The second-order valence-corrected chi connectivity index (χ2v) is 18.1. The topological polar surface area (TPSA) is 169 Å². The molecule has 0 aromatic heterocycles. The van der Waals surface area contributed by atoms with E-state index in [9.17, 15) is 34.4 Å². The number of phosphoric acid groups is 1. The van der Waals surface area contributed by atoms with Crippen LogP contribution in [0.3, 0.4) is 0 Å². The molecule has 1 aliphatic carbocycles. The van der Waals surface area contributed by atoms with E-state index in [1.807, 2.05) is 45.4 Å². The molecule has 0 aromatic carbocycles. The van der Waals surface area contributed by atoms with Crippen molar-refractivity contribution in [2.45, 2.75) is 147 Å². The van der Waals surface area contributed by atoms with Crippen LogP contribution in [0.5, 0.6) is 0 Å². The number of carbonyl (C=O) groups is 2. The highest BCUT2D eigenvalue weighted by molar-refractivity contribution is 7.47. The zero-order valence-electron chi connectivity index (χ0n) is 37.9. The first-order valence-electron chi connectivity index (χ1n) is 22.6. The molecule has 1 unspecified atom stereocenters. The van der Waals surface area contributed by atoms with Crippen LogP contribution in [0.25, 0.3) is 0 Å². The molecule has 13 heteroatoms. The van der Waals surface area contributed by atoms with E-state index >= 15 is 0 Å². The Morgan fingerprint density at radius 2 is 1.31 bits per heavy atom. The fourth-order valence-electron chi connectivity index (χ4n) is 6.39. The summed E-state index contributed by atoms with van der Waals surface area (Å²) in [7, 11) is 1.28. The highest BCUT2D eigenvalue weighted by atomic mass is 31.2. The number of likely N-dealkylation sites (N-methyl/N-ethyl adjacent to an activating group) is 1. The molecule has 12 nitrogen and oxygen atoms in total. The number of unbranched alkanes of at least 4 members (excludes halogenated alkanes) is 4. The van der Waals surface area contributed by atoms with Gasteiger partial charge >= 0.3 is 19.8 Å². The van der Waals surface area contributed by atoms with Gasteiger partial charge in [0.15, 0.2) is 6.10 Å². The number of nitrogens with zero attached hydrogens (tertiary/aromatic N) is 1. The molecule has 0 spiro atoms. The van der Waals surface area contributed by atoms with E-state index < -0.39 is 50.8 Å². The lowest BCUT2D eigenvalue weighted by molar-refractivity contribution is -0.870. The Balaban J connectivity index is 2.55. The van der Waals surface area contributed by atoms with Gasteiger partial charge in [-0.15, -0.1) is 0 Å². The van der Waals surface area contributed by atoms with Gasteiger partial charge in [0.05, 0.1) is 46.1 Å². The number of ether oxygens (including phenoxy) is 2. The van der Waals surface area contributed by atoms with Gasteiger partial charge in [0.2, 0.25) is 0 Å². The smallest absolute Gasteiger partial charge is 0.462 e. The number of phosphoric ester groups is 1. The number of quaternary nitrogens is 1. The Bertz CT molecular complexity index is 1430. The maximum absolute atomic E-state index is 12.8. The Kier molecular flexibility index (Phi) is 31.8. The standard InChI is InChI=1S/C48H80NO11P/c1-6-8-10-11-12-13-14-15-16-17-18-19-20-21-22-23-28-32-47(53)57-39-42(40-59-61(55,56)58-37-36-49(3,4)5)60-48(54)33-29-25-24-27-31-43-44(46(52)38-45(43)51)35-34-41(50)30-26-9-7-2/h8,10,12-13,15-16,18-19,21-22,24,27,34-35,41-46,50-52H,6-7,9,11,14,17,20,23,25-26,28-33,36-40H2,1-5H3/p+1/b10-8-,13-12-,16-15-,19-18-,22-21-,27-24+,35-34+/t41-,42+,43+,44+,45-,46+/m0/s1. The summed E-state index contributed by atoms with van der Waals surface area (Å²) in [5.74, 6) is -1.50. The fraction of sp³-hybridized carbons (Fsp3) is 0.667. The van der Waals surface area contributed by atoms with Crippen LogP contribution in [-0.4, -0.2) is 109 Å². The van der Waals surface area contributed by atoms with Crippen molar-refractivity contribution >= 4 is 19.8 Å². The zero-order valence-corrected chi connectivity index (χ0v) is 38.8. The highest BCUT2D eigenvalue weighted by Gasteiger charge is 2.39. The number of aliphatic hydroxyl groups is 3. The molecule has 0 radical (unpaired) electrons. The molecule has 1 saturated carbocycles. The molecule has 61 heavy (non-hydrogen) atoms. The van der Waals surface area contributed by atoms with Gasteiger partial charge in [-0.2, -0.15) is 0 Å². The molecule has 0 heterocycles. The van der Waals surface area contributed by atoms with Crippen molar-refractivity contribution < 1.29 is 57.4 Å². The van der Waals surface area contributed by atoms with E-state index in [0.717, 1.165) is 51.4 Å². The summed E-state index contributed by atoms with van der Waals surface area (Å²) in [6.07, 6.45) is 37.4. The minimum absolute atomic E-state index is 0.0258. The largest absolute Gasteiger partial charge is 0.472 e. The lowest BCUT2D eigenvalue weighted by Gasteiger charge is -2.24. The first-order chi connectivity index (χ1) is 29.2. The van der Waals surface area contributed by atoms with Gasteiger partial charge in [0.25, 0.3) is 0 Å². The number of allylic oxidation sites excluding steroid dienone is 12. The van der Waals surface area contributed by atoms with Crippen LogP contribution in [0, 0.1) is 11.8 Å². The summed E-state index contributed by atoms with van der Waals surface area (Å²) in [5.41, 5.74) is 0.